The van der Waals surface area contributed by atoms with Crippen LogP contribution in [0.25, 0.3) is 0 Å². The van der Waals surface area contributed by atoms with E-state index in [9.17, 15) is 13.2 Å². The van der Waals surface area contributed by atoms with Gasteiger partial charge in [0.25, 0.3) is 0 Å². The van der Waals surface area contributed by atoms with E-state index in [0.717, 1.165) is 6.42 Å². The molecule has 0 aromatic rings. The quantitative estimate of drug-likeness (QED) is 0.531. The largest absolute Gasteiger partial charge is 0.397 e. The molecule has 0 aliphatic rings. The Morgan fingerprint density at radius 1 is 1.30 bits per heavy atom. The Hall–Kier alpha value is -0.960. The van der Waals surface area contributed by atoms with E-state index in [1.807, 2.05) is 33.8 Å². The highest BCUT2D eigenvalue weighted by Crippen LogP contribution is 1.91. The van der Waals surface area contributed by atoms with Gasteiger partial charge in [-0.25, -0.2) is 4.18 Å². The van der Waals surface area contributed by atoms with Crippen molar-refractivity contribution in [3.05, 3.63) is 11.6 Å². The molecule has 122 valence electrons. The van der Waals surface area contributed by atoms with Crippen LogP contribution in [0, 0.1) is 0 Å². The van der Waals surface area contributed by atoms with Gasteiger partial charge in [0.05, 0.1) is 6.61 Å². The summed E-state index contributed by atoms with van der Waals surface area (Å²) < 4.78 is 30.7. The van der Waals surface area contributed by atoms with E-state index in [1.165, 1.54) is 6.92 Å². The monoisotopic (exact) mass is 312 g/mol. The van der Waals surface area contributed by atoms with Gasteiger partial charge in [-0.3, -0.25) is 9.35 Å². The van der Waals surface area contributed by atoms with Gasteiger partial charge in [-0.2, -0.15) is 8.42 Å². The van der Waals surface area contributed by atoms with Crippen molar-refractivity contribution in [1.82, 2.24) is 0 Å². The zero-order chi connectivity index (χ0) is 17.0. The predicted molar refractivity (Wildman–Crippen MR) is 80.4 cm³/mol. The number of carbonyl (C=O) groups is 1. The van der Waals surface area contributed by atoms with Gasteiger partial charge in [0.1, 0.15) is 0 Å². The molecule has 0 fully saturated rings. The fraction of sp³-hybridized carbons (Fsp3) is 0.750. The van der Waals surface area contributed by atoms with Crippen molar-refractivity contribution in [2.45, 2.75) is 53.5 Å². The smallest absolute Gasteiger partial charge is 0.366 e. The van der Waals surface area contributed by atoms with Crippen molar-refractivity contribution in [2.75, 3.05) is 6.61 Å². The third-order valence-electron chi connectivity index (χ3n) is 1.17. The Bertz CT molecular complexity index is 377. The lowest BCUT2D eigenvalue weighted by atomic mass is 10.1. The lowest BCUT2D eigenvalue weighted by Crippen LogP contribution is -2.26. The van der Waals surface area contributed by atoms with E-state index >= 15 is 0 Å². The summed E-state index contributed by atoms with van der Waals surface area (Å²) in [7, 11) is -4.17. The summed E-state index contributed by atoms with van der Waals surface area (Å²) in [6.07, 6.45) is 2.68. The minimum absolute atomic E-state index is 0. The van der Waals surface area contributed by atoms with Crippen LogP contribution in [0.15, 0.2) is 11.6 Å². The van der Waals surface area contributed by atoms with Gasteiger partial charge >= 0.3 is 10.4 Å². The molecule has 0 spiro atoms. The van der Waals surface area contributed by atoms with Crippen LogP contribution in [0.2, 0.25) is 0 Å². The summed E-state index contributed by atoms with van der Waals surface area (Å²) in [5.41, 5.74) is 10.9. The number of hydrogen-bond donors (Lipinski definition) is 3. The molecule has 0 aliphatic carbocycles. The summed E-state index contributed by atoms with van der Waals surface area (Å²) in [6, 6.07) is 0. The van der Waals surface area contributed by atoms with E-state index in [0.29, 0.717) is 5.57 Å². The fourth-order valence-corrected chi connectivity index (χ4v) is 0.854. The second kappa shape index (κ2) is 11.8. The first-order chi connectivity index (χ1) is 8.74. The number of nitrogens with two attached hydrogens (primary N) is 2. The SMILES string of the molecule is CC(C)(C)N.CCC=C(C)C(N)=O.CCOS(=O)(=O)O. The lowest BCUT2D eigenvalue weighted by Gasteiger charge is -2.06. The van der Waals surface area contributed by atoms with E-state index in [-0.39, 0.29) is 18.1 Å². The maximum atomic E-state index is 10.2. The summed E-state index contributed by atoms with van der Waals surface area (Å²) in [5, 5.41) is 0. The highest BCUT2D eigenvalue weighted by Gasteiger charge is 1.98. The summed E-state index contributed by atoms with van der Waals surface area (Å²) in [6.45, 7) is 11.0. The summed E-state index contributed by atoms with van der Waals surface area (Å²) in [5.74, 6) is -0.327. The number of allylic oxidation sites excluding steroid dienone is 1. The van der Waals surface area contributed by atoms with Crippen LogP contribution in [0.4, 0.5) is 0 Å². The number of carbonyl (C=O) groups excluding carboxylic acids is 1. The van der Waals surface area contributed by atoms with E-state index < -0.39 is 10.4 Å². The number of rotatable bonds is 4. The van der Waals surface area contributed by atoms with Crippen molar-refractivity contribution in [3.63, 3.8) is 0 Å². The van der Waals surface area contributed by atoms with Gasteiger partial charge in [-0.15, -0.1) is 0 Å². The molecule has 5 N–H and O–H groups in total. The normalized spacial score (nSPS) is 11.7. The van der Waals surface area contributed by atoms with Gasteiger partial charge < -0.3 is 11.5 Å². The van der Waals surface area contributed by atoms with Crippen LogP contribution in [0.3, 0.4) is 0 Å². The third-order valence-corrected chi connectivity index (χ3v) is 1.70. The predicted octanol–water partition coefficient (Wildman–Crippen LogP) is 1.40. The molecule has 0 aromatic heterocycles. The van der Waals surface area contributed by atoms with Gasteiger partial charge in [0, 0.05) is 11.1 Å². The first-order valence-electron chi connectivity index (χ1n) is 6.11. The Morgan fingerprint density at radius 3 is 1.70 bits per heavy atom. The molecule has 0 unspecified atom stereocenters. The number of hydrogen-bond acceptors (Lipinski definition) is 5. The number of primary amides is 1. The van der Waals surface area contributed by atoms with Crippen LogP contribution in [0.1, 0.15) is 48.0 Å². The first kappa shape index (κ1) is 24.1. The minimum Gasteiger partial charge on any atom is -0.366 e. The molecule has 8 heteroatoms. The number of amides is 1. The molecule has 0 radical (unpaired) electrons. The standard InChI is InChI=1S/C6H11NO.C4H11N.C2H6O4S/c1-3-4-5(2)6(7)8;1-4(2,3)5;1-2-6-7(3,4)5/h4H,3H2,1-2H3,(H2,7,8);5H2,1-3H3;2H2,1H3,(H,3,4,5). The Morgan fingerprint density at radius 2 is 1.65 bits per heavy atom. The van der Waals surface area contributed by atoms with Crippen molar-refractivity contribution in [2.24, 2.45) is 11.5 Å². The van der Waals surface area contributed by atoms with Gasteiger partial charge in [0.15, 0.2) is 0 Å². The maximum absolute atomic E-state index is 10.2. The summed E-state index contributed by atoms with van der Waals surface area (Å²) >= 11 is 0. The van der Waals surface area contributed by atoms with Crippen molar-refractivity contribution in [3.8, 4) is 0 Å². The van der Waals surface area contributed by atoms with Crippen LogP contribution in [-0.2, 0) is 19.4 Å². The van der Waals surface area contributed by atoms with Crippen molar-refractivity contribution >= 4 is 16.3 Å². The van der Waals surface area contributed by atoms with Crippen LogP contribution < -0.4 is 11.5 Å². The molecule has 1 amide bonds. The highest BCUT2D eigenvalue weighted by atomic mass is 32.3. The molecule has 0 rings (SSSR count). The zero-order valence-corrected chi connectivity index (χ0v) is 14.0. The minimum atomic E-state index is -4.17. The molecule has 0 atom stereocenters. The maximum Gasteiger partial charge on any atom is 0.397 e. The Balaban J connectivity index is -0.000000223. The van der Waals surface area contributed by atoms with Gasteiger partial charge in [-0.1, -0.05) is 13.0 Å². The van der Waals surface area contributed by atoms with Gasteiger partial charge in [0.2, 0.25) is 5.91 Å². The fourth-order valence-electron chi connectivity index (χ4n) is 0.556. The molecule has 0 aromatic carbocycles. The highest BCUT2D eigenvalue weighted by molar-refractivity contribution is 7.80. The molecule has 0 heterocycles. The first-order valence-corrected chi connectivity index (χ1v) is 7.48. The molecule has 0 saturated carbocycles. The van der Waals surface area contributed by atoms with E-state index in [4.69, 9.17) is 16.0 Å². The molecule has 0 bridgehead atoms. The van der Waals surface area contributed by atoms with Crippen LogP contribution >= 0.6 is 0 Å². The van der Waals surface area contributed by atoms with Crippen molar-refractivity contribution in [1.29, 1.82) is 0 Å². The molecular weight excluding hydrogens is 284 g/mol. The second-order valence-electron chi connectivity index (χ2n) is 4.86. The average molecular weight is 312 g/mol. The van der Waals surface area contributed by atoms with E-state index in [1.54, 1.807) is 6.92 Å². The third kappa shape index (κ3) is 43.5. The average Bonchev–Trinajstić information content (AvgIpc) is 2.14. The van der Waals surface area contributed by atoms with Crippen molar-refractivity contribution < 1.29 is 21.9 Å². The van der Waals surface area contributed by atoms with Gasteiger partial charge in [-0.05, 0) is 41.0 Å². The Labute approximate surface area is 122 Å². The van der Waals surface area contributed by atoms with Crippen LogP contribution in [-0.4, -0.2) is 31.0 Å². The van der Waals surface area contributed by atoms with E-state index in [2.05, 4.69) is 4.18 Å². The summed E-state index contributed by atoms with van der Waals surface area (Å²) in [4.78, 5) is 10.2. The molecule has 0 saturated heterocycles. The molecule has 20 heavy (non-hydrogen) atoms. The molecular formula is C12H28N2O5S. The second-order valence-corrected chi connectivity index (χ2v) is 5.95. The Kier molecular flexibility index (Phi) is 14.2. The van der Waals surface area contributed by atoms with Crippen LogP contribution in [0.5, 0.6) is 0 Å². The lowest BCUT2D eigenvalue weighted by molar-refractivity contribution is -0.114. The molecule has 0 aliphatic heterocycles. The zero-order valence-electron chi connectivity index (χ0n) is 13.1. The molecule has 7 nitrogen and oxygen atoms in total. The topological polar surface area (TPSA) is 133 Å².